The molecule has 0 amide bonds. The molecule has 2 aliphatic rings. The number of hydrogen-bond acceptors (Lipinski definition) is 7. The first-order chi connectivity index (χ1) is 21.1. The Morgan fingerprint density at radius 3 is 2.25 bits per heavy atom. The van der Waals surface area contributed by atoms with Gasteiger partial charge in [-0.15, -0.1) is 0 Å². The van der Waals surface area contributed by atoms with Crippen LogP contribution in [0.25, 0.3) is 0 Å². The second-order valence-electron chi connectivity index (χ2n) is 10.9. The maximum Gasteiger partial charge on any atom is 0.416 e. The maximum absolute atomic E-state index is 13.5. The molecule has 3 aromatic rings. The van der Waals surface area contributed by atoms with Crippen LogP contribution in [0.4, 0.5) is 24.5 Å². The minimum Gasteiger partial charge on any atom is -0.490 e. The maximum atomic E-state index is 13.5. The molecule has 2 aliphatic heterocycles. The van der Waals surface area contributed by atoms with E-state index in [1.54, 1.807) is 31.2 Å². The highest BCUT2D eigenvalue weighted by Crippen LogP contribution is 2.49. The minimum absolute atomic E-state index is 0.109. The minimum atomic E-state index is -4.39. The number of fused-ring (bicyclic) bond motifs is 2. The Morgan fingerprint density at radius 2 is 1.55 bits per heavy atom. The molecular weight excluding hydrogens is 634 g/mol. The van der Waals surface area contributed by atoms with E-state index in [1.807, 2.05) is 29.2 Å². The summed E-state index contributed by atoms with van der Waals surface area (Å²) in [6.07, 6.45) is -3.58. The number of hydrogen-bond donors (Lipinski definition) is 0. The largest absolute Gasteiger partial charge is 0.490 e. The quantitative estimate of drug-likeness (QED) is 0.193. The number of benzene rings is 3. The average Bonchev–Trinajstić information content (AvgIpc) is 3.00. The summed E-state index contributed by atoms with van der Waals surface area (Å²) >= 11 is 13.7. The van der Waals surface area contributed by atoms with E-state index in [-0.39, 0.29) is 12.6 Å². The predicted octanol–water partition coefficient (Wildman–Crippen LogP) is 7.88. The standard InChI is InChI=1S/C32H34Cl2F3N3O3S/c1-22(21-43-30-24(33)6-4-7-25(30)34)31(41)42-19-18-39-16-14-38(15-17-39)12-5-13-40-26-8-2-3-9-28(26)44-29-11-10-23(20-27(29)40)32(35,36)37/h2-4,6-11,20,22H,5,12-19,21H2,1H3. The van der Waals surface area contributed by atoms with E-state index in [0.29, 0.717) is 41.2 Å². The number of alkyl halides is 3. The molecule has 6 nitrogen and oxygen atoms in total. The van der Waals surface area contributed by atoms with Crippen molar-refractivity contribution < 1.29 is 27.4 Å². The van der Waals surface area contributed by atoms with Gasteiger partial charge in [-0.05, 0) is 62.4 Å². The third-order valence-electron chi connectivity index (χ3n) is 7.72. The molecule has 0 N–H and O–H groups in total. The summed E-state index contributed by atoms with van der Waals surface area (Å²) in [4.78, 5) is 21.0. The van der Waals surface area contributed by atoms with Crippen molar-refractivity contribution in [1.82, 2.24) is 9.80 Å². The lowest BCUT2D eigenvalue weighted by molar-refractivity contribution is -0.149. The summed E-state index contributed by atoms with van der Waals surface area (Å²) in [6.45, 7) is 7.69. The van der Waals surface area contributed by atoms with E-state index in [2.05, 4.69) is 9.80 Å². The number of anilines is 2. The van der Waals surface area contributed by atoms with Crippen molar-refractivity contribution in [1.29, 1.82) is 0 Å². The monoisotopic (exact) mass is 667 g/mol. The van der Waals surface area contributed by atoms with Crippen molar-refractivity contribution in [2.45, 2.75) is 29.3 Å². The third-order valence-corrected chi connectivity index (χ3v) is 9.45. The van der Waals surface area contributed by atoms with Crippen molar-refractivity contribution >= 4 is 52.3 Å². The van der Waals surface area contributed by atoms with Crippen molar-refractivity contribution in [2.24, 2.45) is 5.92 Å². The van der Waals surface area contributed by atoms with E-state index >= 15 is 0 Å². The topological polar surface area (TPSA) is 45.3 Å². The van der Waals surface area contributed by atoms with Crippen molar-refractivity contribution in [2.75, 3.05) is 63.9 Å². The van der Waals surface area contributed by atoms with Crippen LogP contribution in [0.15, 0.2) is 70.5 Å². The molecule has 0 bridgehead atoms. The number of ether oxygens (including phenoxy) is 2. The molecule has 5 rings (SSSR count). The van der Waals surface area contributed by atoms with Gasteiger partial charge in [0, 0.05) is 49.1 Å². The highest BCUT2D eigenvalue weighted by molar-refractivity contribution is 7.99. The zero-order chi connectivity index (χ0) is 31.3. The van der Waals surface area contributed by atoms with Crippen molar-refractivity contribution in [3.63, 3.8) is 0 Å². The van der Waals surface area contributed by atoms with E-state index in [4.69, 9.17) is 32.7 Å². The van der Waals surface area contributed by atoms with E-state index in [0.717, 1.165) is 60.7 Å². The van der Waals surface area contributed by atoms with Gasteiger partial charge in [-0.2, -0.15) is 13.2 Å². The number of carbonyl (C=O) groups is 1. The molecular formula is C32H34Cl2F3N3O3S. The van der Waals surface area contributed by atoms with Crippen molar-refractivity contribution in [3.05, 3.63) is 76.3 Å². The van der Waals surface area contributed by atoms with Gasteiger partial charge in [-0.1, -0.05) is 53.2 Å². The molecule has 1 saturated heterocycles. The van der Waals surface area contributed by atoms with Crippen LogP contribution >= 0.6 is 35.0 Å². The van der Waals surface area contributed by atoms with Gasteiger partial charge >= 0.3 is 12.1 Å². The van der Waals surface area contributed by atoms with Crippen LogP contribution in [-0.4, -0.2) is 74.8 Å². The average molecular weight is 669 g/mol. The molecule has 12 heteroatoms. The Bertz CT molecular complexity index is 1430. The smallest absolute Gasteiger partial charge is 0.416 e. The first-order valence-electron chi connectivity index (χ1n) is 14.5. The number of piperazine rings is 1. The van der Waals surface area contributed by atoms with Crippen LogP contribution in [0.3, 0.4) is 0 Å². The summed E-state index contributed by atoms with van der Waals surface area (Å²) < 4.78 is 51.6. The number of esters is 1. The Labute approximate surface area is 270 Å². The first-order valence-corrected chi connectivity index (χ1v) is 16.1. The van der Waals surface area contributed by atoms with Gasteiger partial charge in [0.2, 0.25) is 0 Å². The first kappa shape index (κ1) is 32.8. The Morgan fingerprint density at radius 1 is 0.886 bits per heavy atom. The summed E-state index contributed by atoms with van der Waals surface area (Å²) in [7, 11) is 0. The molecule has 0 aromatic heterocycles. The molecule has 0 aliphatic carbocycles. The van der Waals surface area contributed by atoms with Gasteiger partial charge in [0.15, 0.2) is 5.75 Å². The number of carbonyl (C=O) groups excluding carboxylic acids is 1. The zero-order valence-electron chi connectivity index (χ0n) is 24.3. The lowest BCUT2D eigenvalue weighted by atomic mass is 10.1. The fraction of sp³-hybridized carbons (Fsp3) is 0.406. The van der Waals surface area contributed by atoms with Crippen LogP contribution in [-0.2, 0) is 15.7 Å². The van der Waals surface area contributed by atoms with Crippen molar-refractivity contribution in [3.8, 4) is 5.75 Å². The molecule has 0 saturated carbocycles. The summed E-state index contributed by atoms with van der Waals surface area (Å²) in [5.74, 6) is -0.460. The Hall–Kier alpha value is -2.63. The summed E-state index contributed by atoms with van der Waals surface area (Å²) in [5.41, 5.74) is 0.918. The fourth-order valence-corrected chi connectivity index (χ4v) is 6.83. The highest BCUT2D eigenvalue weighted by atomic mass is 35.5. The molecule has 1 atom stereocenters. The Balaban J connectivity index is 1.04. The van der Waals surface area contributed by atoms with E-state index in [9.17, 15) is 18.0 Å². The molecule has 44 heavy (non-hydrogen) atoms. The van der Waals surface area contributed by atoms with Gasteiger partial charge in [0.05, 0.1) is 32.9 Å². The van der Waals surface area contributed by atoms with Gasteiger partial charge in [-0.3, -0.25) is 9.69 Å². The number of rotatable bonds is 11. The normalized spacial score (nSPS) is 16.3. The van der Waals surface area contributed by atoms with E-state index in [1.165, 1.54) is 17.8 Å². The molecule has 1 fully saturated rings. The Kier molecular flexibility index (Phi) is 10.9. The molecule has 236 valence electrons. The van der Waals surface area contributed by atoms with Crippen LogP contribution in [0, 0.1) is 5.92 Å². The SMILES string of the molecule is CC(COc1c(Cl)cccc1Cl)C(=O)OCCN1CCN(CCCN2c3ccccc3Sc3ccc(C(F)(F)F)cc32)CC1. The molecule has 1 unspecified atom stereocenters. The number of para-hydroxylation sites is 2. The second kappa shape index (κ2) is 14.6. The third kappa shape index (κ3) is 8.14. The van der Waals surface area contributed by atoms with Gasteiger partial charge < -0.3 is 19.3 Å². The molecule has 2 heterocycles. The lowest BCUT2D eigenvalue weighted by Crippen LogP contribution is -2.47. The lowest BCUT2D eigenvalue weighted by Gasteiger charge is -2.36. The summed E-state index contributed by atoms with van der Waals surface area (Å²) in [6, 6.07) is 16.9. The van der Waals surface area contributed by atoms with E-state index < -0.39 is 17.7 Å². The molecule has 3 aromatic carbocycles. The van der Waals surface area contributed by atoms with Crippen LogP contribution in [0.1, 0.15) is 18.9 Å². The second-order valence-corrected chi connectivity index (χ2v) is 12.8. The van der Waals surface area contributed by atoms with Gasteiger partial charge in [0.1, 0.15) is 13.2 Å². The number of nitrogens with zero attached hydrogens (tertiary/aromatic N) is 3. The molecule has 0 radical (unpaired) electrons. The fourth-order valence-electron chi connectivity index (χ4n) is 5.25. The predicted molar refractivity (Wildman–Crippen MR) is 169 cm³/mol. The van der Waals surface area contributed by atoms with Crippen LogP contribution in [0.2, 0.25) is 10.0 Å². The van der Waals surface area contributed by atoms with Crippen LogP contribution in [0.5, 0.6) is 5.75 Å². The highest BCUT2D eigenvalue weighted by Gasteiger charge is 2.33. The van der Waals surface area contributed by atoms with Gasteiger partial charge in [-0.25, -0.2) is 0 Å². The molecule has 0 spiro atoms. The number of halogens is 5. The van der Waals surface area contributed by atoms with Crippen LogP contribution < -0.4 is 9.64 Å². The zero-order valence-corrected chi connectivity index (χ0v) is 26.6. The van der Waals surface area contributed by atoms with Gasteiger partial charge in [0.25, 0.3) is 0 Å². The summed E-state index contributed by atoms with van der Waals surface area (Å²) in [5, 5.41) is 0.774.